The molecule has 0 N–H and O–H groups in total. The largest absolute Gasteiger partial charge is 0.479 e. The summed E-state index contributed by atoms with van der Waals surface area (Å²) < 4.78 is 10.2. The first kappa shape index (κ1) is 17.0. The van der Waals surface area contributed by atoms with Crippen LogP contribution in [-0.2, 0) is 6.54 Å². The molecular formula is C19H24N4O3. The first-order valence-corrected chi connectivity index (χ1v) is 9.14. The quantitative estimate of drug-likeness (QED) is 0.837. The Morgan fingerprint density at radius 1 is 1.27 bits per heavy atom. The molecule has 0 aromatic carbocycles. The average Bonchev–Trinajstić information content (AvgIpc) is 3.30. The van der Waals surface area contributed by atoms with E-state index in [9.17, 15) is 4.79 Å². The van der Waals surface area contributed by atoms with Crippen LogP contribution in [0.3, 0.4) is 0 Å². The van der Waals surface area contributed by atoms with Crippen LogP contribution in [0.15, 0.2) is 35.1 Å². The minimum Gasteiger partial charge on any atom is -0.479 e. The van der Waals surface area contributed by atoms with E-state index in [4.69, 9.17) is 9.26 Å². The Hall–Kier alpha value is -2.41. The van der Waals surface area contributed by atoms with Crippen molar-refractivity contribution in [2.75, 3.05) is 26.7 Å². The highest BCUT2D eigenvalue weighted by molar-refractivity contribution is 5.91. The van der Waals surface area contributed by atoms with Gasteiger partial charge in [-0.05, 0) is 55.1 Å². The number of methoxy groups -OCH3 is 1. The molecule has 2 aliphatic heterocycles. The van der Waals surface area contributed by atoms with Crippen molar-refractivity contribution in [2.24, 2.45) is 0 Å². The van der Waals surface area contributed by atoms with Gasteiger partial charge in [0.05, 0.1) is 13.2 Å². The minimum absolute atomic E-state index is 0.0568. The van der Waals surface area contributed by atoms with Gasteiger partial charge in [0.15, 0.2) is 0 Å². The molecule has 0 bridgehead atoms. The molecule has 2 aromatic rings. The number of ether oxygens (including phenoxy) is 1. The van der Waals surface area contributed by atoms with E-state index in [0.29, 0.717) is 5.88 Å². The van der Waals surface area contributed by atoms with Crippen LogP contribution in [0.2, 0.25) is 0 Å². The maximum absolute atomic E-state index is 12.8. The minimum atomic E-state index is -0.101. The number of piperidine rings is 1. The fraction of sp³-hybridized carbons (Fsp3) is 0.526. The number of rotatable bonds is 4. The zero-order valence-electron chi connectivity index (χ0n) is 15.1. The summed E-state index contributed by atoms with van der Waals surface area (Å²) in [6, 6.07) is 5.70. The van der Waals surface area contributed by atoms with Gasteiger partial charge in [-0.25, -0.2) is 0 Å². The van der Waals surface area contributed by atoms with Crippen LogP contribution in [-0.4, -0.2) is 58.1 Å². The van der Waals surface area contributed by atoms with Gasteiger partial charge in [-0.15, -0.1) is 0 Å². The van der Waals surface area contributed by atoms with Crippen molar-refractivity contribution >= 4 is 5.91 Å². The molecule has 1 unspecified atom stereocenters. The summed E-state index contributed by atoms with van der Waals surface area (Å²) in [6.45, 7) is 3.47. The summed E-state index contributed by atoms with van der Waals surface area (Å²) in [5.74, 6) is 0.480. The lowest BCUT2D eigenvalue weighted by Crippen LogP contribution is -2.56. The number of amides is 1. The van der Waals surface area contributed by atoms with Crippen LogP contribution >= 0.6 is 0 Å². The molecule has 26 heavy (non-hydrogen) atoms. The van der Waals surface area contributed by atoms with Gasteiger partial charge in [0, 0.05) is 37.6 Å². The summed E-state index contributed by atoms with van der Waals surface area (Å²) in [4.78, 5) is 21.4. The van der Waals surface area contributed by atoms with Crippen molar-refractivity contribution in [1.29, 1.82) is 0 Å². The molecule has 4 rings (SSSR count). The van der Waals surface area contributed by atoms with E-state index in [1.807, 2.05) is 17.3 Å². The second-order valence-electron chi connectivity index (χ2n) is 7.17. The molecule has 1 atom stereocenters. The van der Waals surface area contributed by atoms with E-state index in [1.165, 1.54) is 19.1 Å². The first-order valence-electron chi connectivity index (χ1n) is 9.14. The number of carbonyl (C=O) groups is 1. The fourth-order valence-corrected chi connectivity index (χ4v) is 4.31. The molecule has 2 fully saturated rings. The summed E-state index contributed by atoms with van der Waals surface area (Å²) >= 11 is 0. The molecule has 0 radical (unpaired) electrons. The van der Waals surface area contributed by atoms with Gasteiger partial charge in [-0.1, -0.05) is 0 Å². The summed E-state index contributed by atoms with van der Waals surface area (Å²) in [7, 11) is 1.51. The highest BCUT2D eigenvalue weighted by atomic mass is 16.5. The standard InChI is InChI=1S/C19H24N4O3/c1-25-17-12-16(26-21-17)18(24)22-10-2-6-19(14-22)7-3-11-23(19)13-15-4-8-20-9-5-15/h4-5,8-9,12H,2-3,6-7,10-11,13-14H2,1H3. The molecule has 4 heterocycles. The van der Waals surface area contributed by atoms with Crippen molar-refractivity contribution in [3.63, 3.8) is 0 Å². The van der Waals surface area contributed by atoms with Crippen LogP contribution in [0.4, 0.5) is 0 Å². The Kier molecular flexibility index (Phi) is 4.63. The third kappa shape index (κ3) is 3.19. The van der Waals surface area contributed by atoms with Gasteiger partial charge in [0.2, 0.25) is 5.76 Å². The molecule has 7 nitrogen and oxygen atoms in total. The highest BCUT2D eigenvalue weighted by Gasteiger charge is 2.45. The van der Waals surface area contributed by atoms with Crippen LogP contribution < -0.4 is 4.74 Å². The van der Waals surface area contributed by atoms with Gasteiger partial charge in [-0.2, -0.15) is 0 Å². The Labute approximate surface area is 152 Å². The molecule has 1 amide bonds. The average molecular weight is 356 g/mol. The van der Waals surface area contributed by atoms with Crippen LogP contribution in [0.5, 0.6) is 5.88 Å². The summed E-state index contributed by atoms with van der Waals surface area (Å²) in [5, 5.41) is 3.75. The molecular weight excluding hydrogens is 332 g/mol. The molecule has 0 saturated carbocycles. The van der Waals surface area contributed by atoms with Crippen LogP contribution in [0, 0.1) is 0 Å². The first-order chi connectivity index (χ1) is 12.7. The van der Waals surface area contributed by atoms with Crippen molar-refractivity contribution in [3.05, 3.63) is 41.9 Å². The van der Waals surface area contributed by atoms with Gasteiger partial charge in [-0.3, -0.25) is 14.7 Å². The zero-order chi connectivity index (χ0) is 18.0. The maximum atomic E-state index is 12.8. The number of hydrogen-bond acceptors (Lipinski definition) is 6. The van der Waals surface area contributed by atoms with E-state index in [0.717, 1.165) is 45.4 Å². The molecule has 2 aromatic heterocycles. The number of aromatic nitrogens is 2. The van der Waals surface area contributed by atoms with E-state index >= 15 is 0 Å². The van der Waals surface area contributed by atoms with E-state index in [2.05, 4.69) is 27.2 Å². The fourth-order valence-electron chi connectivity index (χ4n) is 4.31. The van der Waals surface area contributed by atoms with Gasteiger partial charge >= 0.3 is 0 Å². The number of likely N-dealkylation sites (tertiary alicyclic amines) is 2. The maximum Gasteiger partial charge on any atom is 0.292 e. The molecule has 2 aliphatic rings. The van der Waals surface area contributed by atoms with Crippen molar-refractivity contribution in [1.82, 2.24) is 19.9 Å². The molecule has 0 aliphatic carbocycles. The van der Waals surface area contributed by atoms with Gasteiger partial charge in [0.25, 0.3) is 11.8 Å². The second kappa shape index (κ2) is 7.07. The molecule has 138 valence electrons. The van der Waals surface area contributed by atoms with Crippen molar-refractivity contribution in [3.8, 4) is 5.88 Å². The van der Waals surface area contributed by atoms with Gasteiger partial charge < -0.3 is 14.2 Å². The Morgan fingerprint density at radius 2 is 2.04 bits per heavy atom. The number of nitrogens with zero attached hydrogens (tertiary/aromatic N) is 4. The molecule has 2 saturated heterocycles. The predicted octanol–water partition coefficient (Wildman–Crippen LogP) is 2.35. The Morgan fingerprint density at radius 3 is 2.77 bits per heavy atom. The second-order valence-corrected chi connectivity index (χ2v) is 7.17. The van der Waals surface area contributed by atoms with E-state index in [-0.39, 0.29) is 17.2 Å². The Bertz CT molecular complexity index is 763. The van der Waals surface area contributed by atoms with E-state index < -0.39 is 0 Å². The van der Waals surface area contributed by atoms with Crippen molar-refractivity contribution < 1.29 is 14.1 Å². The van der Waals surface area contributed by atoms with Crippen LogP contribution in [0.1, 0.15) is 41.8 Å². The summed E-state index contributed by atoms with van der Waals surface area (Å²) in [5.41, 5.74) is 1.33. The number of carbonyl (C=O) groups excluding carboxylic acids is 1. The van der Waals surface area contributed by atoms with Crippen molar-refractivity contribution in [2.45, 2.75) is 37.8 Å². The smallest absolute Gasteiger partial charge is 0.292 e. The highest BCUT2D eigenvalue weighted by Crippen LogP contribution is 2.38. The topological polar surface area (TPSA) is 71.7 Å². The Balaban J connectivity index is 1.50. The normalized spacial score (nSPS) is 23.5. The predicted molar refractivity (Wildman–Crippen MR) is 94.8 cm³/mol. The SMILES string of the molecule is COc1cc(C(=O)N2CCCC3(CCCN3Cc3ccncc3)C2)on1. The lowest BCUT2D eigenvalue weighted by Gasteiger charge is -2.46. The number of pyridine rings is 1. The summed E-state index contributed by atoms with van der Waals surface area (Å²) in [6.07, 6.45) is 8.11. The monoisotopic (exact) mass is 356 g/mol. The van der Waals surface area contributed by atoms with Gasteiger partial charge in [0.1, 0.15) is 0 Å². The van der Waals surface area contributed by atoms with Crippen LogP contribution in [0.25, 0.3) is 0 Å². The lowest BCUT2D eigenvalue weighted by atomic mass is 9.86. The van der Waals surface area contributed by atoms with E-state index in [1.54, 1.807) is 6.07 Å². The number of hydrogen-bond donors (Lipinski definition) is 0. The third-order valence-corrected chi connectivity index (χ3v) is 5.61. The lowest BCUT2D eigenvalue weighted by molar-refractivity contribution is 0.0271. The molecule has 7 heteroatoms. The molecule has 1 spiro atoms. The third-order valence-electron chi connectivity index (χ3n) is 5.61. The zero-order valence-corrected chi connectivity index (χ0v) is 15.1.